The number of rotatable bonds is 16. The molecule has 1 saturated heterocycles. The van der Waals surface area contributed by atoms with Crippen molar-refractivity contribution in [3.05, 3.63) is 43.0 Å². The van der Waals surface area contributed by atoms with Crippen LogP contribution in [0.4, 0.5) is 0 Å². The molecule has 1 N–H and O–H groups in total. The molecule has 8 heteroatoms. The lowest BCUT2D eigenvalue weighted by Gasteiger charge is -2.12. The van der Waals surface area contributed by atoms with Crippen molar-refractivity contribution in [2.45, 2.75) is 97.8 Å². The van der Waals surface area contributed by atoms with Gasteiger partial charge in [-0.2, -0.15) is 0 Å². The monoisotopic (exact) mass is 534 g/mol. The lowest BCUT2D eigenvalue weighted by Crippen LogP contribution is -2.18. The van der Waals surface area contributed by atoms with Crippen LogP contribution in [0.2, 0.25) is 0 Å². The van der Waals surface area contributed by atoms with E-state index < -0.39 is 5.97 Å². The maximum absolute atomic E-state index is 11.4. The number of cyclic esters (lactones) is 1. The molecule has 1 aliphatic rings. The molecular formula is C30H50N2O6. The standard InChI is InChI=1S/C16H30O2.C11H16N2O2.C3H4O2/c1-4-5-6-7-8-9-10-11-12-13-14-18-16(17)15(2)3;1-3-10-8(6-15-11(10)14)4-9-5-12-7-13(9)2;1-2-3(4)5/h2,4-14H2,1,3H3;5,7-8,10H,3-4,6H2,1-2H3;2H,1H2,(H,4,5)/t;8-,10-;/m.0./s1. The Hall–Kier alpha value is -2.90. The second-order valence-corrected chi connectivity index (χ2v) is 9.75. The van der Waals surface area contributed by atoms with E-state index >= 15 is 0 Å². The average molecular weight is 535 g/mol. The van der Waals surface area contributed by atoms with E-state index in [1.807, 2.05) is 24.7 Å². The molecule has 38 heavy (non-hydrogen) atoms. The summed E-state index contributed by atoms with van der Waals surface area (Å²) in [5, 5.41) is 7.60. The Labute approximate surface area is 229 Å². The number of carboxylic acids is 1. The quantitative estimate of drug-likeness (QED) is 0.148. The number of hydrogen-bond acceptors (Lipinski definition) is 6. The number of unbranched alkanes of at least 4 members (excludes halogenated alkanes) is 9. The van der Waals surface area contributed by atoms with E-state index in [1.165, 1.54) is 57.8 Å². The van der Waals surface area contributed by atoms with Crippen LogP contribution in [0.1, 0.15) is 97.1 Å². The van der Waals surface area contributed by atoms with Gasteiger partial charge in [0, 0.05) is 36.5 Å². The van der Waals surface area contributed by atoms with Gasteiger partial charge >= 0.3 is 17.9 Å². The first-order valence-electron chi connectivity index (χ1n) is 14.0. The number of hydrogen-bond donors (Lipinski definition) is 1. The first kappa shape index (κ1) is 35.1. The molecule has 1 fully saturated rings. The van der Waals surface area contributed by atoms with Crippen molar-refractivity contribution in [1.82, 2.24) is 9.55 Å². The summed E-state index contributed by atoms with van der Waals surface area (Å²) in [6, 6.07) is 0. The summed E-state index contributed by atoms with van der Waals surface area (Å²) in [4.78, 5) is 35.8. The summed E-state index contributed by atoms with van der Waals surface area (Å²) >= 11 is 0. The Kier molecular flexibility index (Phi) is 20.4. The van der Waals surface area contributed by atoms with Gasteiger partial charge < -0.3 is 19.1 Å². The highest BCUT2D eigenvalue weighted by atomic mass is 16.5. The molecule has 0 bridgehead atoms. The Morgan fingerprint density at radius 2 is 1.68 bits per heavy atom. The Morgan fingerprint density at radius 3 is 2.13 bits per heavy atom. The van der Waals surface area contributed by atoms with Crippen molar-refractivity contribution in [3.63, 3.8) is 0 Å². The second kappa shape index (κ2) is 22.1. The van der Waals surface area contributed by atoms with Gasteiger partial charge in [0.25, 0.3) is 0 Å². The highest BCUT2D eigenvalue weighted by Crippen LogP contribution is 2.28. The van der Waals surface area contributed by atoms with Gasteiger partial charge in [0.2, 0.25) is 0 Å². The fraction of sp³-hybridized carbons (Fsp3) is 0.667. The average Bonchev–Trinajstić information content (AvgIpc) is 3.47. The number of nitrogens with zero attached hydrogens (tertiary/aromatic N) is 2. The van der Waals surface area contributed by atoms with Crippen LogP contribution in [-0.2, 0) is 37.3 Å². The predicted octanol–water partition coefficient (Wildman–Crippen LogP) is 6.45. The minimum absolute atomic E-state index is 0.0373. The number of carbonyl (C=O) groups excluding carboxylic acids is 2. The summed E-state index contributed by atoms with van der Waals surface area (Å²) in [5.74, 6) is -0.890. The summed E-state index contributed by atoms with van der Waals surface area (Å²) in [6.45, 7) is 13.6. The number of carbonyl (C=O) groups is 3. The third-order valence-electron chi connectivity index (χ3n) is 6.39. The molecule has 8 nitrogen and oxygen atoms in total. The molecular weight excluding hydrogens is 484 g/mol. The molecule has 0 aromatic carbocycles. The molecule has 216 valence electrons. The molecule has 2 atom stereocenters. The van der Waals surface area contributed by atoms with Gasteiger partial charge in [-0.05, 0) is 26.2 Å². The summed E-state index contributed by atoms with van der Waals surface area (Å²) in [6.07, 6.45) is 19.2. The summed E-state index contributed by atoms with van der Waals surface area (Å²) in [5.41, 5.74) is 1.65. The smallest absolute Gasteiger partial charge is 0.333 e. The van der Waals surface area contributed by atoms with Gasteiger partial charge in [-0.25, -0.2) is 14.6 Å². The Balaban J connectivity index is 0.000000617. The fourth-order valence-corrected chi connectivity index (χ4v) is 4.03. The first-order chi connectivity index (χ1) is 18.2. The number of carboxylic acid groups (broad SMARTS) is 1. The van der Waals surface area contributed by atoms with Crippen molar-refractivity contribution in [1.29, 1.82) is 0 Å². The lowest BCUT2D eigenvalue weighted by molar-refractivity contribution is -0.141. The van der Waals surface area contributed by atoms with Crippen LogP contribution in [0.15, 0.2) is 37.3 Å². The van der Waals surface area contributed by atoms with Crippen LogP contribution in [0.3, 0.4) is 0 Å². The van der Waals surface area contributed by atoms with Crippen molar-refractivity contribution in [2.75, 3.05) is 13.2 Å². The molecule has 1 aromatic heterocycles. The molecule has 2 heterocycles. The molecule has 0 saturated carbocycles. The topological polar surface area (TPSA) is 108 Å². The van der Waals surface area contributed by atoms with Gasteiger partial charge in [-0.3, -0.25) is 4.79 Å². The van der Waals surface area contributed by atoms with Crippen LogP contribution in [-0.4, -0.2) is 45.8 Å². The Bertz CT molecular complexity index is 832. The van der Waals surface area contributed by atoms with E-state index in [9.17, 15) is 14.4 Å². The molecule has 0 radical (unpaired) electrons. The minimum atomic E-state index is -0.981. The zero-order valence-corrected chi connectivity index (χ0v) is 24.1. The largest absolute Gasteiger partial charge is 0.478 e. The van der Waals surface area contributed by atoms with E-state index in [2.05, 4.69) is 25.1 Å². The molecule has 1 aliphatic heterocycles. The van der Waals surface area contributed by atoms with Crippen LogP contribution in [0.5, 0.6) is 0 Å². The van der Waals surface area contributed by atoms with E-state index in [0.29, 0.717) is 24.7 Å². The molecule has 1 aromatic rings. The van der Waals surface area contributed by atoms with Crippen molar-refractivity contribution in [2.24, 2.45) is 18.9 Å². The molecule has 0 amide bonds. The Morgan fingerprint density at radius 1 is 1.13 bits per heavy atom. The minimum Gasteiger partial charge on any atom is -0.478 e. The van der Waals surface area contributed by atoms with Gasteiger partial charge in [0.05, 0.1) is 25.5 Å². The van der Waals surface area contributed by atoms with Crippen molar-refractivity contribution < 1.29 is 29.0 Å². The SMILES string of the molecule is C=C(C)C(=O)OCCCCCCCCCCCC.C=CC(=O)O.CC[C@@H]1C(=O)OC[C@@H]1Cc1cncn1C. The maximum atomic E-state index is 11.4. The number of ether oxygens (including phenoxy) is 2. The summed E-state index contributed by atoms with van der Waals surface area (Å²) < 4.78 is 12.1. The van der Waals surface area contributed by atoms with E-state index in [0.717, 1.165) is 31.0 Å². The van der Waals surface area contributed by atoms with E-state index in [4.69, 9.17) is 14.6 Å². The van der Waals surface area contributed by atoms with Crippen LogP contribution < -0.4 is 0 Å². The number of aliphatic carboxylic acids is 1. The van der Waals surface area contributed by atoms with E-state index in [1.54, 1.807) is 13.3 Å². The molecule has 0 spiro atoms. The van der Waals surface area contributed by atoms with Crippen LogP contribution in [0, 0.1) is 11.8 Å². The van der Waals surface area contributed by atoms with Crippen molar-refractivity contribution >= 4 is 17.9 Å². The number of aromatic nitrogens is 2. The molecule has 0 unspecified atom stereocenters. The highest BCUT2D eigenvalue weighted by molar-refractivity contribution is 5.86. The fourth-order valence-electron chi connectivity index (χ4n) is 4.03. The van der Waals surface area contributed by atoms with Gasteiger partial charge in [-0.1, -0.05) is 84.8 Å². The van der Waals surface area contributed by atoms with Crippen LogP contribution in [0.25, 0.3) is 0 Å². The normalized spacial score (nSPS) is 15.8. The van der Waals surface area contributed by atoms with Gasteiger partial charge in [-0.15, -0.1) is 0 Å². The number of esters is 2. The lowest BCUT2D eigenvalue weighted by atomic mass is 9.89. The first-order valence-corrected chi connectivity index (χ1v) is 14.0. The third-order valence-corrected chi connectivity index (χ3v) is 6.39. The molecule has 2 rings (SSSR count). The van der Waals surface area contributed by atoms with Crippen LogP contribution >= 0.6 is 0 Å². The third kappa shape index (κ3) is 16.8. The second-order valence-electron chi connectivity index (χ2n) is 9.75. The predicted molar refractivity (Wildman–Crippen MR) is 151 cm³/mol. The zero-order valence-electron chi connectivity index (χ0n) is 24.1. The zero-order chi connectivity index (χ0) is 28.8. The molecule has 0 aliphatic carbocycles. The number of aryl methyl sites for hydroxylation is 1. The maximum Gasteiger partial charge on any atom is 0.333 e. The van der Waals surface area contributed by atoms with Crippen molar-refractivity contribution in [3.8, 4) is 0 Å². The van der Waals surface area contributed by atoms with Gasteiger partial charge in [0.1, 0.15) is 0 Å². The highest BCUT2D eigenvalue weighted by Gasteiger charge is 2.35. The van der Waals surface area contributed by atoms with E-state index in [-0.39, 0.29) is 17.9 Å². The number of imidazole rings is 1. The van der Waals surface area contributed by atoms with Gasteiger partial charge in [0.15, 0.2) is 0 Å². The summed E-state index contributed by atoms with van der Waals surface area (Å²) in [7, 11) is 1.97.